The summed E-state index contributed by atoms with van der Waals surface area (Å²) in [6.07, 6.45) is 6.52. The molecule has 1 fully saturated rings. The summed E-state index contributed by atoms with van der Waals surface area (Å²) in [5.74, 6) is -1.32. The number of ether oxygens (including phenoxy) is 2. The van der Waals surface area contributed by atoms with Crippen LogP contribution in [0.15, 0.2) is 35.9 Å². The van der Waals surface area contributed by atoms with Crippen molar-refractivity contribution in [2.45, 2.75) is 39.0 Å². The van der Waals surface area contributed by atoms with Crippen LogP contribution in [-0.2, 0) is 23.9 Å². The minimum Gasteiger partial charge on any atom is -0.462 e. The van der Waals surface area contributed by atoms with Crippen LogP contribution in [0.5, 0.6) is 0 Å². The maximum absolute atomic E-state index is 12.1. The average molecular weight is 344 g/mol. The van der Waals surface area contributed by atoms with Crippen LogP contribution in [-0.4, -0.2) is 30.9 Å². The van der Waals surface area contributed by atoms with Crippen LogP contribution in [0.2, 0.25) is 0 Å². The number of Topliss-reactive ketones (excluding diaryl/α,β-unsaturated/α-hetero) is 1. The van der Waals surface area contributed by atoms with E-state index in [1.807, 2.05) is 18.2 Å². The molecule has 5 heteroatoms. The molecular weight excluding hydrogens is 320 g/mol. The summed E-state index contributed by atoms with van der Waals surface area (Å²) in [6.45, 7) is 1.27. The molecule has 0 N–H and O–H groups in total. The zero-order chi connectivity index (χ0) is 18.1. The van der Waals surface area contributed by atoms with E-state index in [-0.39, 0.29) is 36.5 Å². The molecule has 1 aliphatic rings. The monoisotopic (exact) mass is 344 g/mol. The number of hydrogen-bond acceptors (Lipinski definition) is 5. The molecule has 25 heavy (non-hydrogen) atoms. The number of carbonyl (C=O) groups is 3. The average Bonchev–Trinajstić information content (AvgIpc) is 2.64. The molecule has 0 aromatic heterocycles. The van der Waals surface area contributed by atoms with E-state index in [1.165, 1.54) is 19.4 Å². The maximum atomic E-state index is 12.1. The van der Waals surface area contributed by atoms with Gasteiger partial charge in [0.25, 0.3) is 0 Å². The van der Waals surface area contributed by atoms with Gasteiger partial charge in [0.2, 0.25) is 0 Å². The van der Waals surface area contributed by atoms with Gasteiger partial charge in [-0.05, 0) is 31.4 Å². The molecule has 1 aromatic rings. The van der Waals surface area contributed by atoms with Crippen LogP contribution in [0.1, 0.15) is 44.6 Å². The molecule has 1 aromatic carbocycles. The van der Waals surface area contributed by atoms with Crippen molar-refractivity contribution >= 4 is 23.8 Å². The van der Waals surface area contributed by atoms with Gasteiger partial charge in [0.1, 0.15) is 18.8 Å². The normalized spacial score (nSPS) is 15.5. The molecule has 0 aliphatic heterocycles. The number of esters is 2. The Morgan fingerprint density at radius 3 is 2.28 bits per heavy atom. The van der Waals surface area contributed by atoms with Gasteiger partial charge in [-0.2, -0.15) is 0 Å². The molecule has 0 saturated heterocycles. The molecular formula is C20H24O5. The van der Waals surface area contributed by atoms with Crippen molar-refractivity contribution in [3.05, 3.63) is 41.5 Å². The third-order valence-electron chi connectivity index (χ3n) is 4.21. The molecule has 0 spiro atoms. The lowest BCUT2D eigenvalue weighted by Crippen LogP contribution is -2.23. The second-order valence-corrected chi connectivity index (χ2v) is 6.16. The first-order valence-electron chi connectivity index (χ1n) is 8.69. The summed E-state index contributed by atoms with van der Waals surface area (Å²) in [7, 11) is 0. The van der Waals surface area contributed by atoms with Crippen molar-refractivity contribution in [1.82, 2.24) is 0 Å². The molecule has 0 bridgehead atoms. The molecule has 1 aliphatic carbocycles. The Kier molecular flexibility index (Phi) is 7.38. The molecule has 2 rings (SSSR count). The van der Waals surface area contributed by atoms with Crippen LogP contribution in [0.3, 0.4) is 0 Å². The summed E-state index contributed by atoms with van der Waals surface area (Å²) in [6, 6.07) is 9.08. The maximum Gasteiger partial charge on any atom is 0.341 e. The third-order valence-corrected chi connectivity index (χ3v) is 4.21. The third kappa shape index (κ3) is 6.18. The van der Waals surface area contributed by atoms with E-state index in [1.54, 1.807) is 12.1 Å². The molecule has 0 unspecified atom stereocenters. The first-order chi connectivity index (χ1) is 12.1. The molecule has 0 atom stereocenters. The Morgan fingerprint density at radius 2 is 1.64 bits per heavy atom. The lowest BCUT2D eigenvalue weighted by molar-refractivity contribution is -0.154. The summed E-state index contributed by atoms with van der Waals surface area (Å²) < 4.78 is 10.2. The summed E-state index contributed by atoms with van der Waals surface area (Å²) in [5.41, 5.74) is 0.721. The molecule has 0 radical (unpaired) electrons. The van der Waals surface area contributed by atoms with Gasteiger partial charge in [-0.25, -0.2) is 4.79 Å². The van der Waals surface area contributed by atoms with E-state index in [0.717, 1.165) is 31.2 Å². The predicted molar refractivity (Wildman–Crippen MR) is 93.6 cm³/mol. The van der Waals surface area contributed by atoms with Crippen molar-refractivity contribution in [3.8, 4) is 0 Å². The molecule has 134 valence electrons. The highest BCUT2D eigenvalue weighted by atomic mass is 16.6. The number of carbonyl (C=O) groups excluding carboxylic acids is 3. The van der Waals surface area contributed by atoms with Gasteiger partial charge < -0.3 is 9.47 Å². The fourth-order valence-electron chi connectivity index (χ4n) is 2.83. The summed E-state index contributed by atoms with van der Waals surface area (Å²) in [4.78, 5) is 35.7. The number of rotatable bonds is 7. The highest BCUT2D eigenvalue weighted by Crippen LogP contribution is 2.24. The van der Waals surface area contributed by atoms with E-state index >= 15 is 0 Å². The lowest BCUT2D eigenvalue weighted by Gasteiger charge is -2.19. The van der Waals surface area contributed by atoms with Gasteiger partial charge in [-0.3, -0.25) is 9.59 Å². The van der Waals surface area contributed by atoms with E-state index in [9.17, 15) is 14.4 Å². The van der Waals surface area contributed by atoms with Crippen molar-refractivity contribution in [1.29, 1.82) is 0 Å². The highest BCUT2D eigenvalue weighted by molar-refractivity contribution is 6.19. The zero-order valence-corrected chi connectivity index (χ0v) is 14.5. The van der Waals surface area contributed by atoms with Crippen LogP contribution < -0.4 is 0 Å². The fraction of sp³-hybridized carbons (Fsp3) is 0.450. The van der Waals surface area contributed by atoms with Gasteiger partial charge in [-0.1, -0.05) is 49.6 Å². The Balaban J connectivity index is 1.80. The van der Waals surface area contributed by atoms with Crippen LogP contribution >= 0.6 is 0 Å². The molecule has 5 nitrogen and oxygen atoms in total. The Labute approximate surface area is 148 Å². The molecule has 0 amide bonds. The minimum atomic E-state index is -0.704. The minimum absolute atomic E-state index is 0.0115. The molecule has 1 saturated carbocycles. The van der Waals surface area contributed by atoms with E-state index in [2.05, 4.69) is 0 Å². The lowest BCUT2D eigenvalue weighted by atomic mass is 9.89. The smallest absolute Gasteiger partial charge is 0.341 e. The fourth-order valence-corrected chi connectivity index (χ4v) is 2.83. The highest BCUT2D eigenvalue weighted by Gasteiger charge is 2.22. The Morgan fingerprint density at radius 1 is 1.00 bits per heavy atom. The van der Waals surface area contributed by atoms with Gasteiger partial charge in [0.15, 0.2) is 5.78 Å². The van der Waals surface area contributed by atoms with Gasteiger partial charge in [0, 0.05) is 0 Å². The van der Waals surface area contributed by atoms with Gasteiger partial charge in [-0.15, -0.1) is 0 Å². The Hall–Kier alpha value is -2.43. The van der Waals surface area contributed by atoms with Crippen molar-refractivity contribution in [3.63, 3.8) is 0 Å². The van der Waals surface area contributed by atoms with E-state index in [0.29, 0.717) is 0 Å². The summed E-state index contributed by atoms with van der Waals surface area (Å²) in [5, 5.41) is 0. The van der Waals surface area contributed by atoms with E-state index < -0.39 is 5.97 Å². The van der Waals surface area contributed by atoms with E-state index in [4.69, 9.17) is 9.47 Å². The van der Waals surface area contributed by atoms with Crippen LogP contribution in [0.4, 0.5) is 0 Å². The first-order valence-corrected chi connectivity index (χ1v) is 8.69. The van der Waals surface area contributed by atoms with Crippen molar-refractivity contribution < 1.29 is 23.9 Å². The number of hydrogen-bond donors (Lipinski definition) is 0. The second kappa shape index (κ2) is 9.77. The topological polar surface area (TPSA) is 69.7 Å². The van der Waals surface area contributed by atoms with Crippen molar-refractivity contribution in [2.24, 2.45) is 5.92 Å². The number of benzene rings is 1. The second-order valence-electron chi connectivity index (χ2n) is 6.16. The predicted octanol–water partition coefficient (Wildman–Crippen LogP) is 3.33. The molecule has 0 heterocycles. The largest absolute Gasteiger partial charge is 0.462 e. The Bertz CT molecular complexity index is 627. The number of ketones is 1. The SMILES string of the molecule is CC(=O)/C(=C\c1ccccc1)C(=O)OCCOC(=O)C1CCCCC1. The first kappa shape index (κ1) is 18.9. The van der Waals surface area contributed by atoms with Gasteiger partial charge >= 0.3 is 11.9 Å². The zero-order valence-electron chi connectivity index (χ0n) is 14.5. The quantitative estimate of drug-likeness (QED) is 0.249. The van der Waals surface area contributed by atoms with Gasteiger partial charge in [0.05, 0.1) is 5.92 Å². The van der Waals surface area contributed by atoms with Crippen LogP contribution in [0, 0.1) is 5.92 Å². The summed E-state index contributed by atoms with van der Waals surface area (Å²) >= 11 is 0. The van der Waals surface area contributed by atoms with Crippen molar-refractivity contribution in [2.75, 3.05) is 13.2 Å². The standard InChI is InChI=1S/C20H24O5/c1-15(21)18(14-16-8-4-2-5-9-16)20(23)25-13-12-24-19(22)17-10-6-3-7-11-17/h2,4-5,8-9,14,17H,3,6-7,10-13H2,1H3/b18-14+. The van der Waals surface area contributed by atoms with Crippen LogP contribution in [0.25, 0.3) is 6.08 Å².